The maximum Gasteiger partial charge on any atom is 0.123 e. The molecule has 21 heavy (non-hydrogen) atoms. The van der Waals surface area contributed by atoms with E-state index < -0.39 is 0 Å². The molecule has 0 aromatic heterocycles. The Morgan fingerprint density at radius 3 is 2.48 bits per heavy atom. The van der Waals surface area contributed by atoms with Gasteiger partial charge in [-0.15, -0.1) is 0 Å². The van der Waals surface area contributed by atoms with Crippen LogP contribution in [0.3, 0.4) is 0 Å². The Bertz CT molecular complexity index is 600. The van der Waals surface area contributed by atoms with Gasteiger partial charge in [0.1, 0.15) is 11.6 Å². The molecule has 0 bridgehead atoms. The van der Waals surface area contributed by atoms with Crippen molar-refractivity contribution in [2.75, 3.05) is 0 Å². The van der Waals surface area contributed by atoms with Gasteiger partial charge in [-0.2, -0.15) is 0 Å². The molecule has 2 unspecified atom stereocenters. The summed E-state index contributed by atoms with van der Waals surface area (Å²) in [4.78, 5) is 0. The fraction of sp³-hybridized carbons (Fsp3) is 0.294. The van der Waals surface area contributed by atoms with Crippen molar-refractivity contribution in [1.82, 2.24) is 5.32 Å². The summed E-state index contributed by atoms with van der Waals surface area (Å²) < 4.78 is 13.9. The zero-order valence-corrected chi connectivity index (χ0v) is 13.7. The monoisotopic (exact) mass is 351 g/mol. The fourth-order valence-electron chi connectivity index (χ4n) is 2.38. The van der Waals surface area contributed by atoms with Crippen LogP contribution in [-0.2, 0) is 0 Å². The first-order chi connectivity index (χ1) is 10.0. The quantitative estimate of drug-likeness (QED) is 0.785. The molecule has 0 amide bonds. The van der Waals surface area contributed by atoms with Crippen molar-refractivity contribution in [3.05, 3.63) is 63.9 Å². The van der Waals surface area contributed by atoms with Crippen molar-refractivity contribution < 1.29 is 9.50 Å². The minimum absolute atomic E-state index is 0.0301. The number of phenolic OH excluding ortho intramolecular Hbond substituents is 1. The Morgan fingerprint density at radius 1 is 1.19 bits per heavy atom. The van der Waals surface area contributed by atoms with E-state index in [1.54, 1.807) is 18.2 Å². The molecule has 0 aliphatic heterocycles. The molecule has 0 aliphatic carbocycles. The highest BCUT2D eigenvalue weighted by Gasteiger charge is 2.17. The van der Waals surface area contributed by atoms with E-state index in [9.17, 15) is 9.50 Å². The average molecular weight is 352 g/mol. The van der Waals surface area contributed by atoms with Gasteiger partial charge in [0.25, 0.3) is 0 Å². The van der Waals surface area contributed by atoms with Crippen LogP contribution in [0.2, 0.25) is 0 Å². The van der Waals surface area contributed by atoms with Crippen LogP contribution < -0.4 is 5.32 Å². The number of halogens is 2. The standard InChI is InChI=1S/C17H19BrFNO/c1-3-16(15-10-13(18)6-9-17(15)21)20-11(2)12-4-7-14(19)8-5-12/h4-11,16,20-21H,3H2,1-2H3. The Hall–Kier alpha value is -1.39. The summed E-state index contributed by atoms with van der Waals surface area (Å²) in [6, 6.07) is 12.0. The van der Waals surface area contributed by atoms with E-state index in [0.717, 1.165) is 22.0 Å². The lowest BCUT2D eigenvalue weighted by atomic mass is 10.0. The minimum atomic E-state index is -0.234. The molecule has 0 saturated heterocycles. The highest BCUT2D eigenvalue weighted by atomic mass is 79.9. The second kappa shape index (κ2) is 7.05. The maximum atomic E-state index is 13.0. The topological polar surface area (TPSA) is 32.3 Å². The SMILES string of the molecule is CCC(NC(C)c1ccc(F)cc1)c1cc(Br)ccc1O. The molecule has 2 nitrogen and oxygen atoms in total. The third-order valence-corrected chi connectivity index (χ3v) is 4.09. The number of nitrogens with one attached hydrogen (secondary N) is 1. The highest BCUT2D eigenvalue weighted by Crippen LogP contribution is 2.31. The number of hydrogen-bond donors (Lipinski definition) is 2. The zero-order valence-electron chi connectivity index (χ0n) is 12.1. The molecule has 2 aromatic rings. The van der Waals surface area contributed by atoms with Crippen molar-refractivity contribution >= 4 is 15.9 Å². The fourth-order valence-corrected chi connectivity index (χ4v) is 2.76. The van der Waals surface area contributed by atoms with Crippen LogP contribution in [-0.4, -0.2) is 5.11 Å². The van der Waals surface area contributed by atoms with Crippen LogP contribution in [0.1, 0.15) is 43.5 Å². The molecule has 112 valence electrons. The van der Waals surface area contributed by atoms with Crippen molar-refractivity contribution in [2.45, 2.75) is 32.4 Å². The van der Waals surface area contributed by atoms with Crippen molar-refractivity contribution in [1.29, 1.82) is 0 Å². The van der Waals surface area contributed by atoms with Gasteiger partial charge in [-0.05, 0) is 49.2 Å². The van der Waals surface area contributed by atoms with E-state index in [4.69, 9.17) is 0 Å². The third kappa shape index (κ3) is 4.05. The van der Waals surface area contributed by atoms with Crippen LogP contribution in [0, 0.1) is 5.82 Å². The smallest absolute Gasteiger partial charge is 0.123 e. The number of rotatable bonds is 5. The Labute approximate surface area is 133 Å². The molecule has 2 atom stereocenters. The van der Waals surface area contributed by atoms with Crippen molar-refractivity contribution in [3.8, 4) is 5.75 Å². The molecule has 4 heteroatoms. The number of hydrogen-bond acceptors (Lipinski definition) is 2. The van der Waals surface area contributed by atoms with E-state index in [0.29, 0.717) is 0 Å². The van der Waals surface area contributed by atoms with Crippen LogP contribution in [0.15, 0.2) is 46.9 Å². The Balaban J connectivity index is 2.18. The van der Waals surface area contributed by atoms with Crippen LogP contribution in [0.4, 0.5) is 4.39 Å². The van der Waals surface area contributed by atoms with Gasteiger partial charge in [0.15, 0.2) is 0 Å². The van der Waals surface area contributed by atoms with E-state index in [2.05, 4.69) is 28.2 Å². The highest BCUT2D eigenvalue weighted by molar-refractivity contribution is 9.10. The second-order valence-corrected chi connectivity index (χ2v) is 6.02. The lowest BCUT2D eigenvalue weighted by molar-refractivity contribution is 0.419. The molecule has 0 aliphatic rings. The molecule has 2 N–H and O–H groups in total. The predicted octanol–water partition coefficient (Wildman–Crippen LogP) is 5.10. The first kappa shape index (κ1) is 16.0. The summed E-state index contributed by atoms with van der Waals surface area (Å²) in [6.45, 7) is 4.10. The predicted molar refractivity (Wildman–Crippen MR) is 86.8 cm³/mol. The van der Waals surface area contributed by atoms with E-state index in [1.807, 2.05) is 19.1 Å². The molecular weight excluding hydrogens is 333 g/mol. The molecule has 0 heterocycles. The summed E-state index contributed by atoms with van der Waals surface area (Å²) in [5.41, 5.74) is 1.88. The third-order valence-electron chi connectivity index (χ3n) is 3.59. The van der Waals surface area contributed by atoms with Gasteiger partial charge in [-0.3, -0.25) is 0 Å². The second-order valence-electron chi connectivity index (χ2n) is 5.10. The summed E-state index contributed by atoms with van der Waals surface area (Å²) in [7, 11) is 0. The molecule has 0 radical (unpaired) electrons. The first-order valence-electron chi connectivity index (χ1n) is 7.01. The van der Waals surface area contributed by atoms with Gasteiger partial charge < -0.3 is 10.4 Å². The lowest BCUT2D eigenvalue weighted by Gasteiger charge is -2.24. The Kier molecular flexibility index (Phi) is 5.37. The average Bonchev–Trinajstić information content (AvgIpc) is 2.48. The molecule has 0 fully saturated rings. The first-order valence-corrected chi connectivity index (χ1v) is 7.80. The molecular formula is C17H19BrFNO. The summed E-state index contributed by atoms with van der Waals surface area (Å²) in [6.07, 6.45) is 0.843. The maximum absolute atomic E-state index is 13.0. The summed E-state index contributed by atoms with van der Waals surface area (Å²) >= 11 is 3.43. The van der Waals surface area contributed by atoms with Gasteiger partial charge in [0.2, 0.25) is 0 Å². The summed E-state index contributed by atoms with van der Waals surface area (Å²) in [5, 5.41) is 13.5. The number of aromatic hydroxyl groups is 1. The summed E-state index contributed by atoms with van der Waals surface area (Å²) in [5.74, 6) is 0.0477. The van der Waals surface area contributed by atoms with Crippen LogP contribution in [0.5, 0.6) is 5.75 Å². The van der Waals surface area contributed by atoms with Crippen molar-refractivity contribution in [3.63, 3.8) is 0 Å². The van der Waals surface area contributed by atoms with Gasteiger partial charge in [-0.1, -0.05) is 35.0 Å². The van der Waals surface area contributed by atoms with E-state index >= 15 is 0 Å². The Morgan fingerprint density at radius 2 is 1.86 bits per heavy atom. The van der Waals surface area contributed by atoms with E-state index in [-0.39, 0.29) is 23.7 Å². The van der Waals surface area contributed by atoms with Crippen LogP contribution in [0.25, 0.3) is 0 Å². The largest absolute Gasteiger partial charge is 0.508 e. The van der Waals surface area contributed by atoms with Gasteiger partial charge >= 0.3 is 0 Å². The zero-order chi connectivity index (χ0) is 15.4. The lowest BCUT2D eigenvalue weighted by Crippen LogP contribution is -2.24. The number of phenols is 1. The van der Waals surface area contributed by atoms with Crippen LogP contribution >= 0.6 is 15.9 Å². The number of benzene rings is 2. The molecule has 2 aromatic carbocycles. The normalized spacial score (nSPS) is 13.9. The minimum Gasteiger partial charge on any atom is -0.508 e. The van der Waals surface area contributed by atoms with Crippen molar-refractivity contribution in [2.24, 2.45) is 0 Å². The van der Waals surface area contributed by atoms with E-state index in [1.165, 1.54) is 12.1 Å². The van der Waals surface area contributed by atoms with Gasteiger partial charge in [0.05, 0.1) is 0 Å². The van der Waals surface area contributed by atoms with Gasteiger partial charge in [0, 0.05) is 22.1 Å². The van der Waals surface area contributed by atoms with Gasteiger partial charge in [-0.25, -0.2) is 4.39 Å². The molecule has 0 spiro atoms. The molecule has 0 saturated carbocycles. The molecule has 2 rings (SSSR count).